The van der Waals surface area contributed by atoms with Gasteiger partial charge < -0.3 is 10.2 Å². The molecule has 2 nitrogen and oxygen atoms in total. The van der Waals surface area contributed by atoms with Gasteiger partial charge in [-0.15, -0.1) is 0 Å². The maximum Gasteiger partial charge on any atom is 0.0413 e. The van der Waals surface area contributed by atoms with Gasteiger partial charge in [-0.3, -0.25) is 0 Å². The molecule has 108 valence electrons. The molecular formula is C17H30N2. The first kappa shape index (κ1) is 16.0. The molecule has 1 aromatic carbocycles. The smallest absolute Gasteiger partial charge is 0.0413 e. The van der Waals surface area contributed by atoms with E-state index >= 15 is 0 Å². The van der Waals surface area contributed by atoms with Crippen LogP contribution in [0.15, 0.2) is 18.2 Å². The van der Waals surface area contributed by atoms with E-state index in [1.54, 1.807) is 0 Å². The van der Waals surface area contributed by atoms with E-state index in [4.69, 9.17) is 0 Å². The molecule has 0 atom stereocenters. The van der Waals surface area contributed by atoms with Crippen LogP contribution in [-0.2, 0) is 6.54 Å². The Bertz CT molecular complexity index is 396. The molecule has 0 aliphatic carbocycles. The molecule has 0 heterocycles. The van der Waals surface area contributed by atoms with E-state index in [2.05, 4.69) is 70.1 Å². The van der Waals surface area contributed by atoms with E-state index < -0.39 is 0 Å². The van der Waals surface area contributed by atoms with Gasteiger partial charge in [0.2, 0.25) is 0 Å². The van der Waals surface area contributed by atoms with E-state index in [0.717, 1.165) is 19.5 Å². The molecule has 1 aromatic rings. The Morgan fingerprint density at radius 3 is 2.47 bits per heavy atom. The molecule has 0 amide bonds. The fourth-order valence-corrected chi connectivity index (χ4v) is 2.15. The van der Waals surface area contributed by atoms with E-state index in [9.17, 15) is 0 Å². The van der Waals surface area contributed by atoms with Gasteiger partial charge in [-0.1, -0.05) is 31.5 Å². The van der Waals surface area contributed by atoms with Crippen LogP contribution in [-0.4, -0.2) is 19.1 Å². The summed E-state index contributed by atoms with van der Waals surface area (Å²) in [5.41, 5.74) is 4.27. The quantitative estimate of drug-likeness (QED) is 0.744. The lowest BCUT2D eigenvalue weighted by molar-refractivity contribution is 0.469. The van der Waals surface area contributed by atoms with Gasteiger partial charge in [-0.25, -0.2) is 0 Å². The number of nitrogens with one attached hydrogen (secondary N) is 1. The third-order valence-corrected chi connectivity index (χ3v) is 4.11. The minimum absolute atomic E-state index is 0.189. The minimum Gasteiger partial charge on any atom is -0.369 e. The Morgan fingerprint density at radius 1 is 1.21 bits per heavy atom. The van der Waals surface area contributed by atoms with Crippen LogP contribution in [0.1, 0.15) is 51.7 Å². The van der Waals surface area contributed by atoms with Gasteiger partial charge in [0.05, 0.1) is 0 Å². The van der Waals surface area contributed by atoms with Crippen molar-refractivity contribution in [2.24, 2.45) is 0 Å². The number of hydrogen-bond donors (Lipinski definition) is 1. The predicted octanol–water partition coefficient (Wildman–Crippen LogP) is 4.12. The average molecular weight is 262 g/mol. The second-order valence-corrected chi connectivity index (χ2v) is 6.03. The van der Waals surface area contributed by atoms with E-state index in [1.165, 1.54) is 23.2 Å². The van der Waals surface area contributed by atoms with Gasteiger partial charge in [0, 0.05) is 24.8 Å². The molecular weight excluding hydrogens is 232 g/mol. The Kier molecular flexibility index (Phi) is 5.86. The van der Waals surface area contributed by atoms with Crippen molar-refractivity contribution in [1.29, 1.82) is 0 Å². The van der Waals surface area contributed by atoms with Crippen molar-refractivity contribution in [3.8, 4) is 0 Å². The largest absolute Gasteiger partial charge is 0.369 e. The summed E-state index contributed by atoms with van der Waals surface area (Å²) in [6.45, 7) is 13.3. The third kappa shape index (κ3) is 4.24. The number of benzene rings is 1. The van der Waals surface area contributed by atoms with Gasteiger partial charge in [-0.2, -0.15) is 0 Å². The lowest BCUT2D eigenvalue weighted by atomic mass is 9.97. The van der Waals surface area contributed by atoms with Crippen LogP contribution in [0.5, 0.6) is 0 Å². The lowest BCUT2D eigenvalue weighted by Gasteiger charge is -2.38. The van der Waals surface area contributed by atoms with Crippen LogP contribution in [0, 0.1) is 6.92 Å². The van der Waals surface area contributed by atoms with Crippen molar-refractivity contribution < 1.29 is 0 Å². The summed E-state index contributed by atoms with van der Waals surface area (Å²) in [7, 11) is 2.21. The van der Waals surface area contributed by atoms with Crippen molar-refractivity contribution in [2.75, 3.05) is 18.5 Å². The lowest BCUT2D eigenvalue weighted by Crippen LogP contribution is -2.41. The summed E-state index contributed by atoms with van der Waals surface area (Å²) in [5.74, 6) is 0. The molecule has 0 bridgehead atoms. The Labute approximate surface area is 119 Å². The van der Waals surface area contributed by atoms with E-state index in [0.29, 0.717) is 0 Å². The number of hydrogen-bond acceptors (Lipinski definition) is 2. The monoisotopic (exact) mass is 262 g/mol. The molecule has 0 aromatic heterocycles. The van der Waals surface area contributed by atoms with Gasteiger partial charge in [0.1, 0.15) is 0 Å². The molecule has 0 saturated carbocycles. The molecule has 0 fully saturated rings. The summed E-state index contributed by atoms with van der Waals surface area (Å²) < 4.78 is 0. The number of anilines is 1. The van der Waals surface area contributed by atoms with Gasteiger partial charge in [-0.05, 0) is 51.8 Å². The van der Waals surface area contributed by atoms with Gasteiger partial charge >= 0.3 is 0 Å². The average Bonchev–Trinajstić information content (AvgIpc) is 2.38. The first-order valence-electron chi connectivity index (χ1n) is 7.46. The van der Waals surface area contributed by atoms with Crippen LogP contribution >= 0.6 is 0 Å². The van der Waals surface area contributed by atoms with Crippen molar-refractivity contribution in [1.82, 2.24) is 5.32 Å². The molecule has 0 aliphatic rings. The fraction of sp³-hybridized carbons (Fsp3) is 0.647. The molecule has 1 N–H and O–H groups in total. The molecule has 2 heteroatoms. The first-order valence-corrected chi connectivity index (χ1v) is 7.46. The molecule has 0 radical (unpaired) electrons. The van der Waals surface area contributed by atoms with Crippen molar-refractivity contribution in [3.63, 3.8) is 0 Å². The topological polar surface area (TPSA) is 15.3 Å². The maximum absolute atomic E-state index is 3.52. The van der Waals surface area contributed by atoms with Gasteiger partial charge in [0.15, 0.2) is 0 Å². The van der Waals surface area contributed by atoms with Crippen molar-refractivity contribution >= 4 is 5.69 Å². The fourth-order valence-electron chi connectivity index (χ4n) is 2.15. The highest BCUT2D eigenvalue weighted by Gasteiger charge is 2.23. The zero-order chi connectivity index (χ0) is 14.5. The Balaban J connectivity index is 2.98. The van der Waals surface area contributed by atoms with Crippen LogP contribution in [0.2, 0.25) is 0 Å². The number of rotatable bonds is 7. The number of aryl methyl sites for hydroxylation is 1. The second kappa shape index (κ2) is 6.95. The molecule has 0 saturated heterocycles. The highest BCUT2D eigenvalue weighted by molar-refractivity contribution is 5.56. The maximum atomic E-state index is 3.52. The molecule has 19 heavy (non-hydrogen) atoms. The zero-order valence-corrected chi connectivity index (χ0v) is 13.5. The summed E-state index contributed by atoms with van der Waals surface area (Å²) >= 11 is 0. The Morgan fingerprint density at radius 2 is 1.89 bits per heavy atom. The van der Waals surface area contributed by atoms with Crippen LogP contribution in [0.4, 0.5) is 5.69 Å². The minimum atomic E-state index is 0.189. The first-order chi connectivity index (χ1) is 8.92. The van der Waals surface area contributed by atoms with E-state index in [-0.39, 0.29) is 5.54 Å². The standard InChI is InChI=1S/C17H30N2/c1-7-11-18-13-15-12-14(3)9-10-16(15)19(6)17(4,5)8-2/h9-10,12,18H,7-8,11,13H2,1-6H3. The molecule has 1 rings (SSSR count). The van der Waals surface area contributed by atoms with Crippen LogP contribution < -0.4 is 10.2 Å². The van der Waals surface area contributed by atoms with Crippen LogP contribution in [0.3, 0.4) is 0 Å². The highest BCUT2D eigenvalue weighted by Crippen LogP contribution is 2.28. The Hall–Kier alpha value is -1.02. The molecule has 0 aliphatic heterocycles. The van der Waals surface area contributed by atoms with E-state index in [1.807, 2.05) is 0 Å². The predicted molar refractivity (Wildman–Crippen MR) is 85.9 cm³/mol. The summed E-state index contributed by atoms with van der Waals surface area (Å²) in [6.07, 6.45) is 2.32. The SMILES string of the molecule is CCCNCc1cc(C)ccc1N(C)C(C)(C)CC. The van der Waals surface area contributed by atoms with Crippen molar-refractivity contribution in [3.05, 3.63) is 29.3 Å². The van der Waals surface area contributed by atoms with Crippen LogP contribution in [0.25, 0.3) is 0 Å². The molecule has 0 unspecified atom stereocenters. The second-order valence-electron chi connectivity index (χ2n) is 6.03. The highest BCUT2D eigenvalue weighted by atomic mass is 15.2. The van der Waals surface area contributed by atoms with Gasteiger partial charge in [0.25, 0.3) is 0 Å². The summed E-state index contributed by atoms with van der Waals surface area (Å²) in [5, 5.41) is 3.52. The van der Waals surface area contributed by atoms with Crippen molar-refractivity contribution in [2.45, 2.75) is 59.5 Å². The number of nitrogens with zero attached hydrogens (tertiary/aromatic N) is 1. The normalized spacial score (nSPS) is 11.7. The zero-order valence-electron chi connectivity index (χ0n) is 13.5. The summed E-state index contributed by atoms with van der Waals surface area (Å²) in [6, 6.07) is 6.77. The summed E-state index contributed by atoms with van der Waals surface area (Å²) in [4.78, 5) is 2.41. The molecule has 0 spiro atoms. The third-order valence-electron chi connectivity index (χ3n) is 4.11.